The zero-order valence-corrected chi connectivity index (χ0v) is 17.4. The van der Waals surface area contributed by atoms with Gasteiger partial charge in [-0.25, -0.2) is 21.9 Å². The normalized spacial score (nSPS) is 13.6. The molecule has 1 N–H and O–H groups in total. The van der Waals surface area contributed by atoms with Crippen molar-refractivity contribution < 1.29 is 27.1 Å². The van der Waals surface area contributed by atoms with E-state index in [4.69, 9.17) is 4.74 Å². The van der Waals surface area contributed by atoms with E-state index in [9.17, 15) is 22.4 Å². The first-order valence-electron chi connectivity index (χ1n) is 8.81. The number of nitrogens with zero attached hydrogens (tertiary/aromatic N) is 1. The lowest BCUT2D eigenvalue weighted by Gasteiger charge is -2.18. The van der Waals surface area contributed by atoms with Crippen molar-refractivity contribution in [3.63, 3.8) is 0 Å². The third-order valence-corrected chi connectivity index (χ3v) is 6.04. The van der Waals surface area contributed by atoms with Crippen molar-refractivity contribution in [2.24, 2.45) is 0 Å². The molecule has 0 radical (unpaired) electrons. The number of carbonyl (C=O) groups is 2. The van der Waals surface area contributed by atoms with Gasteiger partial charge in [0.25, 0.3) is 5.91 Å². The third kappa shape index (κ3) is 5.61. The maximum absolute atomic E-state index is 13.0. The van der Waals surface area contributed by atoms with E-state index in [0.717, 1.165) is 4.31 Å². The molecule has 0 bridgehead atoms. The monoisotopic (exact) mass is 422 g/mol. The van der Waals surface area contributed by atoms with Crippen LogP contribution in [0.25, 0.3) is 0 Å². The first kappa shape index (κ1) is 22.5. The molecule has 2 atom stereocenters. The van der Waals surface area contributed by atoms with Crippen LogP contribution in [0, 0.1) is 5.82 Å². The van der Waals surface area contributed by atoms with Gasteiger partial charge in [0.1, 0.15) is 5.82 Å². The quantitative estimate of drug-likeness (QED) is 0.692. The fourth-order valence-electron chi connectivity index (χ4n) is 2.44. The number of ether oxygens (including phenoxy) is 1. The molecule has 0 saturated heterocycles. The molecule has 0 aliphatic carbocycles. The number of carbonyl (C=O) groups excluding carboxylic acids is 2. The van der Waals surface area contributed by atoms with E-state index in [2.05, 4.69) is 5.32 Å². The topological polar surface area (TPSA) is 92.8 Å². The summed E-state index contributed by atoms with van der Waals surface area (Å²) >= 11 is 0. The van der Waals surface area contributed by atoms with Gasteiger partial charge in [0.15, 0.2) is 6.10 Å². The largest absolute Gasteiger partial charge is 0.449 e. The van der Waals surface area contributed by atoms with Crippen molar-refractivity contribution in [2.45, 2.75) is 30.9 Å². The second kappa shape index (κ2) is 9.15. The summed E-state index contributed by atoms with van der Waals surface area (Å²) in [5.74, 6) is -1.74. The Morgan fingerprint density at radius 3 is 2.28 bits per heavy atom. The van der Waals surface area contributed by atoms with Crippen molar-refractivity contribution in [3.8, 4) is 0 Å². The van der Waals surface area contributed by atoms with Crippen LogP contribution in [-0.2, 0) is 19.6 Å². The Kier molecular flexibility index (Phi) is 7.10. The van der Waals surface area contributed by atoms with Crippen LogP contribution in [0.1, 0.15) is 35.8 Å². The molecule has 0 aromatic heterocycles. The number of hydrogen-bond donors (Lipinski definition) is 1. The van der Waals surface area contributed by atoms with Gasteiger partial charge in [-0.15, -0.1) is 0 Å². The first-order chi connectivity index (χ1) is 13.5. The summed E-state index contributed by atoms with van der Waals surface area (Å²) < 4.78 is 43.6. The Hall–Kier alpha value is -2.78. The molecule has 2 aromatic carbocycles. The molecule has 7 nitrogen and oxygen atoms in total. The molecule has 1 amide bonds. The number of halogens is 1. The molecule has 2 rings (SSSR count). The van der Waals surface area contributed by atoms with E-state index in [1.165, 1.54) is 57.4 Å². The Balaban J connectivity index is 2.04. The molecule has 156 valence electrons. The maximum atomic E-state index is 13.0. The number of rotatable bonds is 7. The molecule has 0 aliphatic heterocycles. The lowest BCUT2D eigenvalue weighted by molar-refractivity contribution is -0.129. The standard InChI is InChI=1S/C20H23FN2O5S/c1-13(15-8-10-17(21)11-9-15)22-19(24)14(2)28-20(25)16-6-5-7-18(12-16)29(26,27)23(3)4/h5-14H,1-4H3,(H,22,24)/t13-,14-/m1/s1. The summed E-state index contributed by atoms with van der Waals surface area (Å²) in [5.41, 5.74) is 0.707. The van der Waals surface area contributed by atoms with Crippen LogP contribution < -0.4 is 5.32 Å². The molecule has 29 heavy (non-hydrogen) atoms. The van der Waals surface area contributed by atoms with E-state index in [-0.39, 0.29) is 16.3 Å². The highest BCUT2D eigenvalue weighted by Gasteiger charge is 2.23. The van der Waals surface area contributed by atoms with Crippen LogP contribution in [-0.4, -0.2) is 44.8 Å². The van der Waals surface area contributed by atoms with Gasteiger partial charge in [0.2, 0.25) is 10.0 Å². The van der Waals surface area contributed by atoms with Crippen LogP contribution in [0.2, 0.25) is 0 Å². The van der Waals surface area contributed by atoms with Gasteiger partial charge in [0.05, 0.1) is 16.5 Å². The Morgan fingerprint density at radius 1 is 1.07 bits per heavy atom. The van der Waals surface area contributed by atoms with Crippen molar-refractivity contribution in [1.82, 2.24) is 9.62 Å². The van der Waals surface area contributed by atoms with Gasteiger partial charge in [-0.2, -0.15) is 0 Å². The van der Waals surface area contributed by atoms with Crippen molar-refractivity contribution in [3.05, 3.63) is 65.5 Å². The predicted octanol–water partition coefficient (Wildman–Crippen LogP) is 2.50. The average molecular weight is 422 g/mol. The summed E-state index contributed by atoms with van der Waals surface area (Å²) in [6.45, 7) is 3.13. The minimum atomic E-state index is -3.71. The molecule has 0 spiro atoms. The number of hydrogen-bond acceptors (Lipinski definition) is 5. The van der Waals surface area contributed by atoms with E-state index >= 15 is 0 Å². The second-order valence-electron chi connectivity index (χ2n) is 6.64. The number of esters is 1. The lowest BCUT2D eigenvalue weighted by Crippen LogP contribution is -2.37. The molecular formula is C20H23FN2O5S. The van der Waals surface area contributed by atoms with Crippen LogP contribution in [0.5, 0.6) is 0 Å². The highest BCUT2D eigenvalue weighted by molar-refractivity contribution is 7.89. The van der Waals surface area contributed by atoms with E-state index in [1.807, 2.05) is 0 Å². The first-order valence-corrected chi connectivity index (χ1v) is 10.3. The van der Waals surface area contributed by atoms with Gasteiger partial charge in [-0.1, -0.05) is 18.2 Å². The summed E-state index contributed by atoms with van der Waals surface area (Å²) in [6, 6.07) is 10.7. The van der Waals surface area contributed by atoms with Gasteiger partial charge in [-0.3, -0.25) is 4.79 Å². The molecule has 0 heterocycles. The Morgan fingerprint density at radius 2 is 1.69 bits per heavy atom. The molecule has 0 fully saturated rings. The molecular weight excluding hydrogens is 399 g/mol. The fourth-order valence-corrected chi connectivity index (χ4v) is 3.39. The Bertz CT molecular complexity index is 990. The summed E-state index contributed by atoms with van der Waals surface area (Å²) in [4.78, 5) is 24.6. The number of benzene rings is 2. The van der Waals surface area contributed by atoms with E-state index in [1.54, 1.807) is 19.1 Å². The maximum Gasteiger partial charge on any atom is 0.338 e. The summed E-state index contributed by atoms with van der Waals surface area (Å²) in [5, 5.41) is 2.68. The summed E-state index contributed by atoms with van der Waals surface area (Å²) in [7, 11) is -0.940. The van der Waals surface area contributed by atoms with Gasteiger partial charge >= 0.3 is 5.97 Å². The third-order valence-electron chi connectivity index (χ3n) is 4.23. The van der Waals surface area contributed by atoms with Crippen molar-refractivity contribution >= 4 is 21.9 Å². The van der Waals surface area contributed by atoms with Gasteiger partial charge in [-0.05, 0) is 49.7 Å². The Labute approximate surface area is 169 Å². The average Bonchev–Trinajstić information content (AvgIpc) is 2.68. The minimum absolute atomic E-state index is 0.0131. The van der Waals surface area contributed by atoms with Crippen LogP contribution in [0.15, 0.2) is 53.4 Å². The molecule has 9 heteroatoms. The predicted molar refractivity (Wildman–Crippen MR) is 105 cm³/mol. The van der Waals surface area contributed by atoms with Gasteiger partial charge in [0, 0.05) is 14.1 Å². The molecule has 0 unspecified atom stereocenters. The van der Waals surface area contributed by atoms with Crippen molar-refractivity contribution in [2.75, 3.05) is 14.1 Å². The van der Waals surface area contributed by atoms with Crippen LogP contribution in [0.3, 0.4) is 0 Å². The van der Waals surface area contributed by atoms with E-state index < -0.39 is 34.0 Å². The number of sulfonamides is 1. The highest BCUT2D eigenvalue weighted by atomic mass is 32.2. The van der Waals surface area contributed by atoms with E-state index in [0.29, 0.717) is 5.56 Å². The number of nitrogens with one attached hydrogen (secondary N) is 1. The summed E-state index contributed by atoms with van der Waals surface area (Å²) in [6.07, 6.45) is -1.11. The molecule has 0 saturated carbocycles. The number of amides is 1. The van der Waals surface area contributed by atoms with Crippen LogP contribution in [0.4, 0.5) is 4.39 Å². The molecule has 0 aliphatic rings. The molecule has 2 aromatic rings. The van der Waals surface area contributed by atoms with Crippen LogP contribution >= 0.6 is 0 Å². The zero-order chi connectivity index (χ0) is 21.8. The highest BCUT2D eigenvalue weighted by Crippen LogP contribution is 2.17. The van der Waals surface area contributed by atoms with Crippen molar-refractivity contribution in [1.29, 1.82) is 0 Å². The smallest absolute Gasteiger partial charge is 0.338 e. The fraction of sp³-hybridized carbons (Fsp3) is 0.300. The lowest BCUT2D eigenvalue weighted by atomic mass is 10.1. The zero-order valence-electron chi connectivity index (χ0n) is 16.5. The second-order valence-corrected chi connectivity index (χ2v) is 8.80. The minimum Gasteiger partial charge on any atom is -0.449 e. The van der Waals surface area contributed by atoms with Gasteiger partial charge < -0.3 is 10.1 Å². The SMILES string of the molecule is C[C@@H](OC(=O)c1cccc(S(=O)(=O)N(C)C)c1)C(=O)N[C@H](C)c1ccc(F)cc1.